The van der Waals surface area contributed by atoms with Gasteiger partial charge in [-0.3, -0.25) is 14.9 Å². The van der Waals surface area contributed by atoms with Gasteiger partial charge in [0, 0.05) is 5.56 Å². The molecule has 3 aromatic rings. The molecule has 27 heavy (non-hydrogen) atoms. The lowest BCUT2D eigenvalue weighted by atomic mass is 10.0. The van der Waals surface area contributed by atoms with Gasteiger partial charge in [0.15, 0.2) is 0 Å². The van der Waals surface area contributed by atoms with Crippen LogP contribution in [0.2, 0.25) is 0 Å². The highest BCUT2D eigenvalue weighted by Gasteiger charge is 2.31. The van der Waals surface area contributed by atoms with Crippen molar-refractivity contribution in [2.24, 2.45) is 0 Å². The molecule has 0 aromatic heterocycles. The van der Waals surface area contributed by atoms with E-state index >= 15 is 0 Å². The average Bonchev–Trinajstić information content (AvgIpc) is 2.92. The number of rotatable bonds is 5. The number of benzene rings is 3. The first-order valence-electron chi connectivity index (χ1n) is 8.86. The Labute approximate surface area is 161 Å². The number of hydrogen-bond acceptors (Lipinski definition) is 4. The molecule has 6 heteroatoms. The van der Waals surface area contributed by atoms with E-state index in [-0.39, 0.29) is 18.8 Å². The fraction of sp³-hybridized carbons (Fsp3) is 0.143. The maximum Gasteiger partial charge on any atom is 0.286 e. The molecule has 0 radical (unpaired) electrons. The molecule has 4 nitrogen and oxygen atoms in total. The molecule has 1 aliphatic heterocycles. The first-order chi connectivity index (χ1) is 13.4. The maximum atomic E-state index is 13.7. The molecular formula is C21H16FNO3S. The Balaban J connectivity index is 1.50. The predicted octanol–water partition coefficient (Wildman–Crippen LogP) is 4.45. The van der Waals surface area contributed by atoms with Gasteiger partial charge in [0.25, 0.3) is 5.24 Å². The van der Waals surface area contributed by atoms with Gasteiger partial charge >= 0.3 is 0 Å². The number of hydrogen-bond donors (Lipinski definition) is 1. The number of ether oxygens (including phenoxy) is 1. The number of halogens is 1. The fourth-order valence-corrected chi connectivity index (χ4v) is 3.65. The van der Waals surface area contributed by atoms with E-state index in [2.05, 4.69) is 5.32 Å². The number of fused-ring (bicyclic) bond motifs is 1. The topological polar surface area (TPSA) is 55.4 Å². The number of nitrogens with one attached hydrogen (secondary N) is 1. The number of thioether (sulfide) groups is 1. The average molecular weight is 382 g/mol. The zero-order valence-electron chi connectivity index (χ0n) is 15.2. The van der Waals surface area contributed by atoms with Crippen molar-refractivity contribution in [1.29, 1.82) is 0 Å². The van der Waals surface area contributed by atoms with E-state index in [4.69, 9.17) is 6.11 Å². The Morgan fingerprint density at radius 2 is 1.85 bits per heavy atom. The van der Waals surface area contributed by atoms with Crippen LogP contribution in [0.3, 0.4) is 0 Å². The minimum absolute atomic E-state index is 0.136. The van der Waals surface area contributed by atoms with Crippen LogP contribution in [0.4, 0.5) is 9.18 Å². The number of amides is 2. The van der Waals surface area contributed by atoms with Crippen molar-refractivity contribution in [2.75, 3.05) is 0 Å². The molecule has 1 heterocycles. The predicted molar refractivity (Wildman–Crippen MR) is 103 cm³/mol. The van der Waals surface area contributed by atoms with Gasteiger partial charge in [-0.2, -0.15) is 0 Å². The Morgan fingerprint density at radius 1 is 1.07 bits per heavy atom. The molecule has 0 aliphatic carbocycles. The van der Waals surface area contributed by atoms with Gasteiger partial charge in [0.2, 0.25) is 5.91 Å². The zero-order chi connectivity index (χ0) is 19.7. The Bertz CT molecular complexity index is 1090. The summed E-state index contributed by atoms with van der Waals surface area (Å²) in [7, 11) is 0. The molecule has 1 N–H and O–H groups in total. The molecule has 2 amide bonds. The van der Waals surface area contributed by atoms with Crippen molar-refractivity contribution >= 4 is 33.7 Å². The molecule has 136 valence electrons. The summed E-state index contributed by atoms with van der Waals surface area (Å²) in [6.45, 7) is 0.137. The van der Waals surface area contributed by atoms with Crippen LogP contribution < -0.4 is 10.1 Å². The van der Waals surface area contributed by atoms with Crippen LogP contribution >= 0.6 is 11.8 Å². The number of carbonyl (C=O) groups excluding carboxylic acids is 2. The third kappa shape index (κ3) is 3.95. The second kappa shape index (κ2) is 7.40. The van der Waals surface area contributed by atoms with E-state index in [0.717, 1.165) is 16.3 Å². The zero-order valence-corrected chi connectivity index (χ0v) is 15.0. The minimum Gasteiger partial charge on any atom is -0.489 e. The summed E-state index contributed by atoms with van der Waals surface area (Å²) in [5.41, 5.74) is 1.28. The van der Waals surface area contributed by atoms with E-state index in [1.165, 1.54) is 6.07 Å². The Morgan fingerprint density at radius 3 is 2.63 bits per heavy atom. The molecule has 4 rings (SSSR count). The first-order valence-corrected chi connectivity index (χ1v) is 9.18. The fourth-order valence-electron chi connectivity index (χ4n) is 2.90. The molecule has 0 unspecified atom stereocenters. The van der Waals surface area contributed by atoms with Gasteiger partial charge in [-0.25, -0.2) is 4.39 Å². The normalized spacial score (nSPS) is 19.8. The van der Waals surface area contributed by atoms with Crippen molar-refractivity contribution in [2.45, 2.75) is 18.3 Å². The van der Waals surface area contributed by atoms with Gasteiger partial charge in [0.05, 0.1) is 6.60 Å². The summed E-state index contributed by atoms with van der Waals surface area (Å²) in [6, 6.07) is 17.6. The van der Waals surface area contributed by atoms with Gasteiger partial charge in [-0.1, -0.05) is 54.2 Å². The van der Waals surface area contributed by atoms with Crippen LogP contribution in [0.5, 0.6) is 5.75 Å². The van der Waals surface area contributed by atoms with Crippen LogP contribution in [-0.2, 0) is 17.8 Å². The van der Waals surface area contributed by atoms with E-state index < -0.39 is 16.4 Å². The smallest absolute Gasteiger partial charge is 0.286 e. The van der Waals surface area contributed by atoms with Crippen molar-refractivity contribution in [3.8, 4) is 5.75 Å². The molecule has 1 saturated heterocycles. The third-order valence-electron chi connectivity index (χ3n) is 4.28. The summed E-state index contributed by atoms with van der Waals surface area (Å²) < 4.78 is 27.6. The third-order valence-corrected chi connectivity index (χ3v) is 5.14. The summed E-state index contributed by atoms with van der Waals surface area (Å²) in [5.74, 6) is -0.263. The highest BCUT2D eigenvalue weighted by molar-refractivity contribution is 8.15. The molecule has 0 spiro atoms. The van der Waals surface area contributed by atoms with Gasteiger partial charge in [-0.15, -0.1) is 0 Å². The Hall–Kier alpha value is -2.86. The first kappa shape index (κ1) is 16.3. The molecule has 0 saturated carbocycles. The Kier molecular flexibility index (Phi) is 4.48. The van der Waals surface area contributed by atoms with Crippen LogP contribution in [0.1, 0.15) is 12.5 Å². The van der Waals surface area contributed by atoms with Crippen LogP contribution in [-0.4, -0.2) is 16.4 Å². The molecule has 3 aromatic carbocycles. The molecular weight excluding hydrogens is 365 g/mol. The molecule has 1 aliphatic rings. The van der Waals surface area contributed by atoms with Crippen LogP contribution in [0.15, 0.2) is 60.7 Å². The summed E-state index contributed by atoms with van der Waals surface area (Å²) in [6.07, 6.45) is 0.136. The van der Waals surface area contributed by atoms with Crippen molar-refractivity contribution < 1.29 is 20.1 Å². The lowest BCUT2D eigenvalue weighted by Gasteiger charge is -2.10. The van der Waals surface area contributed by atoms with E-state index in [0.29, 0.717) is 23.1 Å². The van der Waals surface area contributed by atoms with E-state index in [9.17, 15) is 14.0 Å². The second-order valence-corrected chi connectivity index (χ2v) is 7.23. The highest BCUT2D eigenvalue weighted by atomic mass is 32.2. The molecule has 0 bridgehead atoms. The number of carbonyl (C=O) groups is 2. The van der Waals surface area contributed by atoms with E-state index in [1.54, 1.807) is 24.3 Å². The lowest BCUT2D eigenvalue weighted by Crippen LogP contribution is -2.25. The van der Waals surface area contributed by atoms with Crippen LogP contribution in [0, 0.1) is 5.82 Å². The molecule has 1 atom stereocenters. The second-order valence-electron chi connectivity index (χ2n) is 6.17. The van der Waals surface area contributed by atoms with Gasteiger partial charge in [-0.05, 0) is 41.0 Å². The SMILES string of the molecule is [2H][C@@]1(Cc2ccc3cc(OCc4ccccc4F)ccc3c2)SC(=O)NC1=O. The summed E-state index contributed by atoms with van der Waals surface area (Å²) in [5, 5.41) is 1.98. The minimum atomic E-state index is -1.53. The monoisotopic (exact) mass is 382 g/mol. The van der Waals surface area contributed by atoms with Gasteiger partial charge < -0.3 is 4.74 Å². The quantitative estimate of drug-likeness (QED) is 0.708. The highest BCUT2D eigenvalue weighted by Crippen LogP contribution is 2.27. The summed E-state index contributed by atoms with van der Waals surface area (Å²) >= 11 is 0.701. The van der Waals surface area contributed by atoms with Gasteiger partial charge in [0.1, 0.15) is 18.2 Å². The van der Waals surface area contributed by atoms with E-state index in [1.807, 2.05) is 30.3 Å². The van der Waals surface area contributed by atoms with Crippen molar-refractivity contribution in [3.63, 3.8) is 0 Å². The summed E-state index contributed by atoms with van der Waals surface area (Å²) in [4.78, 5) is 23.2. The maximum absolute atomic E-state index is 13.7. The van der Waals surface area contributed by atoms with Crippen LogP contribution in [0.25, 0.3) is 10.8 Å². The standard InChI is InChI=1S/C21H16FNO3S/c22-18-4-2-1-3-16(18)12-26-17-8-7-14-9-13(5-6-15(14)11-17)10-19-20(24)23-21(25)27-19/h1-9,11,19H,10,12H2,(H,23,24,25)/t19-/m0/s1/i19D. The molecule has 1 fully saturated rings. The lowest BCUT2D eigenvalue weighted by molar-refractivity contribution is -0.118. The number of imide groups is 1. The van der Waals surface area contributed by atoms with Crippen molar-refractivity contribution in [3.05, 3.63) is 77.6 Å². The largest absolute Gasteiger partial charge is 0.489 e. The van der Waals surface area contributed by atoms with Crippen molar-refractivity contribution in [1.82, 2.24) is 5.32 Å².